The van der Waals surface area contributed by atoms with Gasteiger partial charge < -0.3 is 9.64 Å². The Morgan fingerprint density at radius 1 is 1.16 bits per heavy atom. The maximum absolute atomic E-state index is 12.5. The first-order valence-corrected chi connectivity index (χ1v) is 8.50. The van der Waals surface area contributed by atoms with E-state index in [1.165, 1.54) is 6.20 Å². The zero-order chi connectivity index (χ0) is 17.2. The van der Waals surface area contributed by atoms with E-state index in [2.05, 4.69) is 25.9 Å². The van der Waals surface area contributed by atoms with Gasteiger partial charge in [0.25, 0.3) is 5.91 Å². The molecule has 4 rings (SSSR count). The SMILES string of the molecule is COc1ncccc1CN1C[C@@H]2CN(C(=O)c3cnccn3)C[C@@H]2C1. The lowest BCUT2D eigenvalue weighted by atomic mass is 10.0. The fourth-order valence-electron chi connectivity index (χ4n) is 3.93. The highest BCUT2D eigenvalue weighted by molar-refractivity contribution is 5.92. The summed E-state index contributed by atoms with van der Waals surface area (Å²) in [4.78, 5) is 29.2. The van der Waals surface area contributed by atoms with Crippen LogP contribution in [0.2, 0.25) is 0 Å². The summed E-state index contributed by atoms with van der Waals surface area (Å²) in [5.41, 5.74) is 1.54. The molecule has 0 aromatic carbocycles. The molecule has 2 aromatic heterocycles. The third-order valence-electron chi connectivity index (χ3n) is 5.07. The lowest BCUT2D eigenvalue weighted by Crippen LogP contribution is -2.33. The molecular formula is C18H21N5O2. The molecule has 2 fully saturated rings. The van der Waals surface area contributed by atoms with Crippen LogP contribution < -0.4 is 4.74 Å². The number of fused-ring (bicyclic) bond motifs is 1. The predicted molar refractivity (Wildman–Crippen MR) is 91.0 cm³/mol. The van der Waals surface area contributed by atoms with Crippen LogP contribution in [-0.4, -0.2) is 63.9 Å². The summed E-state index contributed by atoms with van der Waals surface area (Å²) in [6.45, 7) is 4.41. The number of aromatic nitrogens is 3. The van der Waals surface area contributed by atoms with Crippen molar-refractivity contribution in [1.29, 1.82) is 0 Å². The number of ether oxygens (including phenoxy) is 1. The Hall–Kier alpha value is -2.54. The average Bonchev–Trinajstić information content (AvgIpc) is 3.21. The topological polar surface area (TPSA) is 71.5 Å². The summed E-state index contributed by atoms with van der Waals surface area (Å²) < 4.78 is 5.34. The van der Waals surface area contributed by atoms with Gasteiger partial charge in [0.05, 0.1) is 13.3 Å². The number of nitrogens with zero attached hydrogens (tertiary/aromatic N) is 5. The first-order chi connectivity index (χ1) is 12.2. The molecule has 2 aliphatic heterocycles. The number of likely N-dealkylation sites (tertiary alicyclic amines) is 2. The van der Waals surface area contributed by atoms with E-state index < -0.39 is 0 Å². The summed E-state index contributed by atoms with van der Waals surface area (Å²) in [6.07, 6.45) is 6.43. The van der Waals surface area contributed by atoms with Crippen molar-refractivity contribution in [3.8, 4) is 5.88 Å². The lowest BCUT2D eigenvalue weighted by molar-refractivity contribution is 0.0767. The van der Waals surface area contributed by atoms with E-state index in [4.69, 9.17) is 4.74 Å². The molecule has 0 radical (unpaired) electrons. The lowest BCUT2D eigenvalue weighted by Gasteiger charge is -2.21. The molecule has 0 saturated carbocycles. The van der Waals surface area contributed by atoms with E-state index in [1.54, 1.807) is 25.7 Å². The van der Waals surface area contributed by atoms with Crippen LogP contribution in [0.3, 0.4) is 0 Å². The van der Waals surface area contributed by atoms with Crippen molar-refractivity contribution in [1.82, 2.24) is 24.8 Å². The number of methoxy groups -OCH3 is 1. The van der Waals surface area contributed by atoms with Crippen LogP contribution in [0.25, 0.3) is 0 Å². The second-order valence-corrected chi connectivity index (χ2v) is 6.69. The molecule has 25 heavy (non-hydrogen) atoms. The highest BCUT2D eigenvalue weighted by Crippen LogP contribution is 2.33. The Labute approximate surface area is 146 Å². The Morgan fingerprint density at radius 3 is 2.64 bits per heavy atom. The number of hydrogen-bond donors (Lipinski definition) is 0. The number of pyridine rings is 1. The molecule has 130 valence electrons. The molecule has 2 aromatic rings. The molecule has 7 heteroatoms. The molecule has 0 N–H and O–H groups in total. The minimum atomic E-state index is -0.0111. The zero-order valence-corrected chi connectivity index (χ0v) is 14.2. The summed E-state index contributed by atoms with van der Waals surface area (Å²) in [7, 11) is 1.65. The molecule has 0 aliphatic carbocycles. The van der Waals surface area contributed by atoms with E-state index in [0.717, 1.165) is 38.3 Å². The van der Waals surface area contributed by atoms with Gasteiger partial charge in [-0.05, 0) is 17.9 Å². The van der Waals surface area contributed by atoms with Gasteiger partial charge in [0, 0.05) is 56.9 Å². The van der Waals surface area contributed by atoms with Crippen LogP contribution in [0.1, 0.15) is 16.1 Å². The molecule has 1 amide bonds. The highest BCUT2D eigenvalue weighted by atomic mass is 16.5. The first kappa shape index (κ1) is 16.0. The van der Waals surface area contributed by atoms with Crippen LogP contribution >= 0.6 is 0 Å². The van der Waals surface area contributed by atoms with Crippen molar-refractivity contribution in [3.63, 3.8) is 0 Å². The van der Waals surface area contributed by atoms with Crippen LogP contribution in [0.15, 0.2) is 36.9 Å². The van der Waals surface area contributed by atoms with Gasteiger partial charge >= 0.3 is 0 Å². The van der Waals surface area contributed by atoms with Crippen LogP contribution in [-0.2, 0) is 6.54 Å². The molecule has 0 unspecified atom stereocenters. The van der Waals surface area contributed by atoms with Gasteiger partial charge in [0.2, 0.25) is 5.88 Å². The largest absolute Gasteiger partial charge is 0.481 e. The third kappa shape index (κ3) is 3.19. The van der Waals surface area contributed by atoms with E-state index in [-0.39, 0.29) is 5.91 Å². The van der Waals surface area contributed by atoms with Gasteiger partial charge in [-0.3, -0.25) is 14.7 Å². The maximum Gasteiger partial charge on any atom is 0.274 e. The van der Waals surface area contributed by atoms with E-state index in [1.807, 2.05) is 11.0 Å². The Balaban J connectivity index is 1.37. The Morgan fingerprint density at radius 2 is 1.96 bits per heavy atom. The zero-order valence-electron chi connectivity index (χ0n) is 14.2. The Kier molecular flexibility index (Phi) is 4.31. The van der Waals surface area contributed by atoms with Gasteiger partial charge in [-0.15, -0.1) is 0 Å². The number of carbonyl (C=O) groups is 1. The van der Waals surface area contributed by atoms with Gasteiger partial charge in [0.1, 0.15) is 5.69 Å². The molecule has 2 atom stereocenters. The minimum Gasteiger partial charge on any atom is -0.481 e. The average molecular weight is 339 g/mol. The van der Waals surface area contributed by atoms with Crippen LogP contribution in [0, 0.1) is 11.8 Å². The van der Waals surface area contributed by atoms with E-state index >= 15 is 0 Å². The van der Waals surface area contributed by atoms with Crippen molar-refractivity contribution in [3.05, 3.63) is 48.2 Å². The van der Waals surface area contributed by atoms with Gasteiger partial charge in [-0.25, -0.2) is 9.97 Å². The summed E-state index contributed by atoms with van der Waals surface area (Å²) in [6, 6.07) is 4.00. The molecule has 4 heterocycles. The highest BCUT2D eigenvalue weighted by Gasteiger charge is 2.42. The number of rotatable bonds is 4. The number of carbonyl (C=O) groups excluding carboxylic acids is 1. The summed E-state index contributed by atoms with van der Waals surface area (Å²) >= 11 is 0. The first-order valence-electron chi connectivity index (χ1n) is 8.50. The van der Waals surface area contributed by atoms with Crippen LogP contribution in [0.4, 0.5) is 0 Å². The van der Waals surface area contributed by atoms with Crippen molar-refractivity contribution in [2.24, 2.45) is 11.8 Å². The van der Waals surface area contributed by atoms with Crippen molar-refractivity contribution in [2.45, 2.75) is 6.54 Å². The predicted octanol–water partition coefficient (Wildman–Crippen LogP) is 1.08. The normalized spacial score (nSPS) is 22.8. The van der Waals surface area contributed by atoms with Gasteiger partial charge in [-0.1, -0.05) is 6.07 Å². The quantitative estimate of drug-likeness (QED) is 0.830. The van der Waals surface area contributed by atoms with E-state index in [9.17, 15) is 4.79 Å². The van der Waals surface area contributed by atoms with Crippen LogP contribution in [0.5, 0.6) is 5.88 Å². The van der Waals surface area contributed by atoms with Crippen molar-refractivity contribution < 1.29 is 9.53 Å². The number of amides is 1. The molecule has 7 nitrogen and oxygen atoms in total. The smallest absolute Gasteiger partial charge is 0.274 e. The molecule has 0 bridgehead atoms. The molecule has 2 aliphatic rings. The van der Waals surface area contributed by atoms with Gasteiger partial charge in [0.15, 0.2) is 0 Å². The Bertz CT molecular complexity index is 740. The van der Waals surface area contributed by atoms with Gasteiger partial charge in [-0.2, -0.15) is 0 Å². The third-order valence-corrected chi connectivity index (χ3v) is 5.07. The van der Waals surface area contributed by atoms with Crippen molar-refractivity contribution >= 4 is 5.91 Å². The standard InChI is InChI=1S/C18H21N5O2/c1-25-17-13(3-2-4-21-17)8-22-9-14-11-23(12-15(14)10-22)18(24)16-7-19-5-6-20-16/h2-7,14-15H,8-12H2,1H3/t14-,15+. The minimum absolute atomic E-state index is 0.0111. The fraction of sp³-hybridized carbons (Fsp3) is 0.444. The number of hydrogen-bond acceptors (Lipinski definition) is 6. The molecular weight excluding hydrogens is 318 g/mol. The maximum atomic E-state index is 12.5. The molecule has 2 saturated heterocycles. The van der Waals surface area contributed by atoms with E-state index in [0.29, 0.717) is 23.4 Å². The second-order valence-electron chi connectivity index (χ2n) is 6.69. The second kappa shape index (κ2) is 6.76. The molecule has 0 spiro atoms. The monoisotopic (exact) mass is 339 g/mol. The fourth-order valence-corrected chi connectivity index (χ4v) is 3.93. The van der Waals surface area contributed by atoms with Crippen molar-refractivity contribution in [2.75, 3.05) is 33.3 Å². The summed E-state index contributed by atoms with van der Waals surface area (Å²) in [5, 5.41) is 0. The summed E-state index contributed by atoms with van der Waals surface area (Å²) in [5.74, 6) is 1.72.